The minimum Gasteiger partial charge on any atom is -0.391 e. The van der Waals surface area contributed by atoms with Crippen LogP contribution in [0.5, 0.6) is 0 Å². The van der Waals surface area contributed by atoms with Gasteiger partial charge in [-0.05, 0) is 42.5 Å². The van der Waals surface area contributed by atoms with Crippen LogP contribution in [0.2, 0.25) is 0 Å². The molecule has 27 heavy (non-hydrogen) atoms. The predicted octanol–water partition coefficient (Wildman–Crippen LogP) is 1.70. The smallest absolute Gasteiger partial charge is 0.251 e. The molecule has 0 spiro atoms. The Kier molecular flexibility index (Phi) is 5.02. The fourth-order valence-corrected chi connectivity index (χ4v) is 3.71. The quantitative estimate of drug-likeness (QED) is 0.696. The largest absolute Gasteiger partial charge is 0.391 e. The van der Waals surface area contributed by atoms with Crippen molar-refractivity contribution >= 4 is 5.91 Å². The summed E-state index contributed by atoms with van der Waals surface area (Å²) in [7, 11) is 0. The minimum atomic E-state index is -0.512. The van der Waals surface area contributed by atoms with Gasteiger partial charge in [-0.3, -0.25) is 9.48 Å². The van der Waals surface area contributed by atoms with Crippen LogP contribution in [0.3, 0.4) is 0 Å². The molecule has 1 amide bonds. The molecule has 1 unspecified atom stereocenters. The molecule has 1 fully saturated rings. The highest BCUT2D eigenvalue weighted by molar-refractivity contribution is 5.94. The van der Waals surface area contributed by atoms with Crippen LogP contribution in [0.4, 0.5) is 0 Å². The molecule has 2 N–H and O–H groups in total. The van der Waals surface area contributed by atoms with E-state index in [-0.39, 0.29) is 11.9 Å². The second-order valence-electron chi connectivity index (χ2n) is 7.14. The van der Waals surface area contributed by atoms with Crippen LogP contribution in [0.15, 0.2) is 61.4 Å². The van der Waals surface area contributed by atoms with E-state index in [1.807, 2.05) is 52.0 Å². The summed E-state index contributed by atoms with van der Waals surface area (Å²) in [5.41, 5.74) is 1.68. The number of rotatable bonds is 6. The van der Waals surface area contributed by atoms with Gasteiger partial charge >= 0.3 is 0 Å². The van der Waals surface area contributed by atoms with E-state index in [1.54, 1.807) is 18.7 Å². The molecule has 0 radical (unpaired) electrons. The summed E-state index contributed by atoms with van der Waals surface area (Å²) in [4.78, 5) is 16.6. The molecule has 1 aliphatic carbocycles. The summed E-state index contributed by atoms with van der Waals surface area (Å²) in [6.07, 6.45) is 10.0. The number of amides is 1. The first kappa shape index (κ1) is 17.5. The fraction of sp³-hybridized carbons (Fsp3) is 0.350. The highest BCUT2D eigenvalue weighted by atomic mass is 16.3. The zero-order chi connectivity index (χ0) is 18.6. The van der Waals surface area contributed by atoms with Crippen LogP contribution >= 0.6 is 0 Å². The fourth-order valence-electron chi connectivity index (χ4n) is 3.71. The van der Waals surface area contributed by atoms with E-state index in [2.05, 4.69) is 15.4 Å². The second-order valence-corrected chi connectivity index (χ2v) is 7.14. The monoisotopic (exact) mass is 365 g/mol. The van der Waals surface area contributed by atoms with Crippen molar-refractivity contribution in [3.8, 4) is 0 Å². The number of hydrogen-bond acceptors (Lipinski definition) is 4. The Hall–Kier alpha value is -2.93. The Morgan fingerprint density at radius 3 is 2.74 bits per heavy atom. The maximum atomic E-state index is 12.5. The lowest BCUT2D eigenvalue weighted by atomic mass is 10.1. The lowest BCUT2D eigenvalue weighted by molar-refractivity contribution is 0.0873. The molecule has 140 valence electrons. The van der Waals surface area contributed by atoms with Crippen molar-refractivity contribution in [3.05, 3.63) is 72.6 Å². The normalized spacial score (nSPS) is 22.0. The first-order valence-electron chi connectivity index (χ1n) is 9.18. The van der Waals surface area contributed by atoms with Crippen molar-refractivity contribution in [2.24, 2.45) is 5.92 Å². The van der Waals surface area contributed by atoms with Crippen LogP contribution < -0.4 is 5.32 Å². The highest BCUT2D eigenvalue weighted by Gasteiger charge is 2.34. The number of carbonyl (C=O) groups is 1. The number of benzene rings is 1. The molecule has 1 aliphatic rings. The molecule has 0 aliphatic heterocycles. The third-order valence-electron chi connectivity index (χ3n) is 5.09. The first-order valence-corrected chi connectivity index (χ1v) is 9.18. The highest BCUT2D eigenvalue weighted by Crippen LogP contribution is 2.27. The molecular formula is C20H23N5O2. The molecule has 3 atom stereocenters. The molecule has 3 aromatic rings. The van der Waals surface area contributed by atoms with E-state index < -0.39 is 6.10 Å². The molecule has 2 aromatic heterocycles. The van der Waals surface area contributed by atoms with Crippen molar-refractivity contribution < 1.29 is 9.90 Å². The van der Waals surface area contributed by atoms with Gasteiger partial charge in [0.1, 0.15) is 0 Å². The topological polar surface area (TPSA) is 85.0 Å². The van der Waals surface area contributed by atoms with Crippen LogP contribution in [-0.4, -0.2) is 42.5 Å². The van der Waals surface area contributed by atoms with Crippen LogP contribution in [0.25, 0.3) is 0 Å². The lowest BCUT2D eigenvalue weighted by Gasteiger charge is -2.16. The van der Waals surface area contributed by atoms with Gasteiger partial charge in [0.15, 0.2) is 0 Å². The zero-order valence-electron chi connectivity index (χ0n) is 15.0. The Bertz CT molecular complexity index is 858. The van der Waals surface area contributed by atoms with E-state index >= 15 is 0 Å². The summed E-state index contributed by atoms with van der Waals surface area (Å²) in [5, 5.41) is 17.5. The molecule has 2 heterocycles. The molecule has 7 heteroatoms. The summed E-state index contributed by atoms with van der Waals surface area (Å²) in [5.74, 6) is 0.184. The second kappa shape index (κ2) is 7.75. The first-order chi connectivity index (χ1) is 13.2. The number of imidazole rings is 1. The van der Waals surface area contributed by atoms with Gasteiger partial charge in [-0.2, -0.15) is 5.10 Å². The van der Waals surface area contributed by atoms with E-state index in [1.165, 1.54) is 0 Å². The Labute approximate surface area is 157 Å². The number of aliphatic hydroxyl groups excluding tert-OH is 1. The van der Waals surface area contributed by atoms with E-state index in [0.29, 0.717) is 24.4 Å². The summed E-state index contributed by atoms with van der Waals surface area (Å²) in [6, 6.07) is 9.17. The number of aliphatic hydroxyl groups is 1. The van der Waals surface area contributed by atoms with E-state index in [0.717, 1.165) is 18.5 Å². The van der Waals surface area contributed by atoms with Gasteiger partial charge in [0.05, 0.1) is 25.0 Å². The van der Waals surface area contributed by atoms with Crippen LogP contribution in [0, 0.1) is 5.92 Å². The van der Waals surface area contributed by atoms with Crippen LogP contribution in [0.1, 0.15) is 28.8 Å². The number of nitrogens with one attached hydrogen (secondary N) is 1. The van der Waals surface area contributed by atoms with Gasteiger partial charge in [-0.1, -0.05) is 12.1 Å². The van der Waals surface area contributed by atoms with Crippen LogP contribution in [-0.2, 0) is 13.1 Å². The van der Waals surface area contributed by atoms with Crippen molar-refractivity contribution in [1.82, 2.24) is 24.6 Å². The average Bonchev–Trinajstić information content (AvgIpc) is 3.40. The number of aromatic nitrogens is 4. The molecule has 4 rings (SSSR count). The van der Waals surface area contributed by atoms with Crippen molar-refractivity contribution in [1.29, 1.82) is 0 Å². The molecule has 7 nitrogen and oxygen atoms in total. The Morgan fingerprint density at radius 2 is 2.04 bits per heavy atom. The van der Waals surface area contributed by atoms with Gasteiger partial charge in [-0.15, -0.1) is 0 Å². The summed E-state index contributed by atoms with van der Waals surface area (Å²) < 4.78 is 3.85. The maximum absolute atomic E-state index is 12.5. The van der Waals surface area contributed by atoms with Gasteiger partial charge in [-0.25, -0.2) is 4.98 Å². The van der Waals surface area contributed by atoms with Gasteiger partial charge < -0.3 is 15.0 Å². The molecular weight excluding hydrogens is 342 g/mol. The maximum Gasteiger partial charge on any atom is 0.251 e. The van der Waals surface area contributed by atoms with Gasteiger partial charge in [0.25, 0.3) is 5.91 Å². The standard InChI is InChI=1S/C20H23N5O2/c26-19-11-16(12-24-9-7-21-14-24)10-18(19)23-20(27)17-4-2-15(3-5-17)13-25-8-1-6-22-25/h1-9,14,16,18-19,26H,10-13H2,(H,23,27)/t16?,18-,19-/m1/s1. The van der Waals surface area contributed by atoms with E-state index in [9.17, 15) is 9.90 Å². The SMILES string of the molecule is O=C(N[C@@H]1CC(Cn2ccnc2)C[C@H]1O)c1ccc(Cn2cccn2)cc1. The summed E-state index contributed by atoms with van der Waals surface area (Å²) in [6.45, 7) is 1.48. The zero-order valence-corrected chi connectivity index (χ0v) is 15.0. The van der Waals surface area contributed by atoms with Gasteiger partial charge in [0.2, 0.25) is 0 Å². The Balaban J connectivity index is 1.33. The number of hydrogen-bond donors (Lipinski definition) is 2. The lowest BCUT2D eigenvalue weighted by Crippen LogP contribution is -2.39. The third kappa shape index (κ3) is 4.25. The van der Waals surface area contributed by atoms with Crippen molar-refractivity contribution in [2.45, 2.75) is 38.1 Å². The van der Waals surface area contributed by atoms with Crippen molar-refractivity contribution in [3.63, 3.8) is 0 Å². The summed E-state index contributed by atoms with van der Waals surface area (Å²) >= 11 is 0. The van der Waals surface area contributed by atoms with Gasteiger partial charge in [0, 0.05) is 36.9 Å². The minimum absolute atomic E-state index is 0.145. The predicted molar refractivity (Wildman–Crippen MR) is 100.0 cm³/mol. The number of nitrogens with zero attached hydrogens (tertiary/aromatic N) is 4. The molecule has 0 saturated heterocycles. The molecule has 0 bridgehead atoms. The average molecular weight is 365 g/mol. The van der Waals surface area contributed by atoms with E-state index in [4.69, 9.17) is 0 Å². The molecule has 1 saturated carbocycles. The Morgan fingerprint density at radius 1 is 1.19 bits per heavy atom. The van der Waals surface area contributed by atoms with Crippen molar-refractivity contribution in [2.75, 3.05) is 0 Å². The third-order valence-corrected chi connectivity index (χ3v) is 5.09. The number of carbonyl (C=O) groups excluding carboxylic acids is 1. The molecule has 1 aromatic carbocycles.